The van der Waals surface area contributed by atoms with Gasteiger partial charge in [0.2, 0.25) is 11.8 Å². The number of rotatable bonds is 3. The van der Waals surface area contributed by atoms with Gasteiger partial charge in [-0.05, 0) is 12.3 Å². The third kappa shape index (κ3) is 1.88. The number of nitrogens with zero attached hydrogens (tertiary/aromatic N) is 2. The van der Waals surface area contributed by atoms with Crippen molar-refractivity contribution < 1.29 is 4.74 Å². The fourth-order valence-corrected chi connectivity index (χ4v) is 1.21. The van der Waals surface area contributed by atoms with Crippen LogP contribution in [0.2, 0.25) is 0 Å². The van der Waals surface area contributed by atoms with Crippen molar-refractivity contribution in [2.45, 2.75) is 19.4 Å². The van der Waals surface area contributed by atoms with Gasteiger partial charge in [-0.25, -0.2) is 4.98 Å². The Hall–Kier alpha value is -1.32. The fourth-order valence-electron chi connectivity index (χ4n) is 1.21. The van der Waals surface area contributed by atoms with Crippen molar-refractivity contribution in [3.05, 3.63) is 12.3 Å². The maximum Gasteiger partial charge on any atom is 0.226 e. The van der Waals surface area contributed by atoms with Crippen LogP contribution >= 0.6 is 0 Å². The molecule has 0 aromatic carbocycles. The molecule has 1 aliphatic carbocycles. The molecule has 4 nitrogen and oxygen atoms in total. The van der Waals surface area contributed by atoms with Gasteiger partial charge in [-0.2, -0.15) is 4.98 Å². The Labute approximate surface area is 77.4 Å². The van der Waals surface area contributed by atoms with E-state index < -0.39 is 0 Å². The summed E-state index contributed by atoms with van der Waals surface area (Å²) in [6.45, 7) is 2.21. The smallest absolute Gasteiger partial charge is 0.226 e. The van der Waals surface area contributed by atoms with E-state index >= 15 is 0 Å². The average molecular weight is 179 g/mol. The van der Waals surface area contributed by atoms with Crippen LogP contribution in [-0.2, 0) is 0 Å². The van der Waals surface area contributed by atoms with E-state index in [1.165, 1.54) is 6.42 Å². The lowest BCUT2D eigenvalue weighted by atomic mass is 10.5. The molecule has 1 N–H and O–H groups in total. The summed E-state index contributed by atoms with van der Waals surface area (Å²) in [6, 6.07) is 2.29. The Balaban J connectivity index is 2.03. The Morgan fingerprint density at radius 3 is 3.00 bits per heavy atom. The van der Waals surface area contributed by atoms with Crippen molar-refractivity contribution in [1.29, 1.82) is 0 Å². The van der Waals surface area contributed by atoms with Crippen LogP contribution in [0.5, 0.6) is 5.88 Å². The molecule has 0 saturated heterocycles. The molecule has 2 rings (SSSR count). The van der Waals surface area contributed by atoms with E-state index in [0.717, 1.165) is 5.92 Å². The molecule has 1 aromatic rings. The minimum Gasteiger partial charge on any atom is -0.481 e. The highest BCUT2D eigenvalue weighted by molar-refractivity contribution is 5.31. The van der Waals surface area contributed by atoms with Gasteiger partial charge >= 0.3 is 0 Å². The van der Waals surface area contributed by atoms with Gasteiger partial charge in [-0.3, -0.25) is 0 Å². The standard InChI is InChI=1S/C9H13N3O/c1-6-5-7(6)11-9-10-4-3-8(12-9)13-2/h3-4,6-7H,5H2,1-2H3,(H,10,11,12)/t6-,7-/m1/s1. The molecule has 1 aromatic heterocycles. The number of nitrogens with one attached hydrogen (secondary N) is 1. The van der Waals surface area contributed by atoms with Gasteiger partial charge in [0.05, 0.1) is 7.11 Å². The molecule has 70 valence electrons. The Morgan fingerprint density at radius 2 is 2.38 bits per heavy atom. The topological polar surface area (TPSA) is 47.0 Å². The number of hydrogen-bond donors (Lipinski definition) is 1. The highest BCUT2D eigenvalue weighted by Crippen LogP contribution is 2.31. The normalized spacial score (nSPS) is 25.4. The molecule has 0 radical (unpaired) electrons. The average Bonchev–Trinajstić information content (AvgIpc) is 2.82. The minimum atomic E-state index is 0.548. The second-order valence-electron chi connectivity index (χ2n) is 3.39. The number of methoxy groups -OCH3 is 1. The lowest BCUT2D eigenvalue weighted by molar-refractivity contribution is 0.397. The van der Waals surface area contributed by atoms with Gasteiger partial charge in [0.15, 0.2) is 0 Å². The van der Waals surface area contributed by atoms with Crippen LogP contribution in [0.3, 0.4) is 0 Å². The lowest BCUT2D eigenvalue weighted by Crippen LogP contribution is -2.07. The summed E-state index contributed by atoms with van der Waals surface area (Å²) in [4.78, 5) is 8.26. The van der Waals surface area contributed by atoms with Gasteiger partial charge in [-0.1, -0.05) is 6.92 Å². The van der Waals surface area contributed by atoms with Crippen molar-refractivity contribution in [3.63, 3.8) is 0 Å². The molecule has 4 heteroatoms. The van der Waals surface area contributed by atoms with Gasteiger partial charge in [0.25, 0.3) is 0 Å². The van der Waals surface area contributed by atoms with E-state index in [4.69, 9.17) is 4.74 Å². The zero-order valence-corrected chi connectivity index (χ0v) is 7.82. The molecule has 1 saturated carbocycles. The first-order chi connectivity index (χ1) is 6.29. The molecule has 0 aliphatic heterocycles. The summed E-state index contributed by atoms with van der Waals surface area (Å²) >= 11 is 0. The maximum atomic E-state index is 4.99. The van der Waals surface area contributed by atoms with Crippen molar-refractivity contribution in [2.24, 2.45) is 5.92 Å². The first-order valence-electron chi connectivity index (χ1n) is 4.43. The van der Waals surface area contributed by atoms with Crippen molar-refractivity contribution in [2.75, 3.05) is 12.4 Å². The number of anilines is 1. The molecular weight excluding hydrogens is 166 g/mol. The number of aromatic nitrogens is 2. The predicted molar refractivity (Wildman–Crippen MR) is 49.8 cm³/mol. The van der Waals surface area contributed by atoms with Crippen LogP contribution in [0.15, 0.2) is 12.3 Å². The summed E-state index contributed by atoms with van der Waals surface area (Å²) in [5, 5.41) is 3.24. The van der Waals surface area contributed by atoms with Crippen LogP contribution in [0, 0.1) is 5.92 Å². The number of hydrogen-bond acceptors (Lipinski definition) is 4. The molecule has 1 heterocycles. The third-order valence-electron chi connectivity index (χ3n) is 2.26. The SMILES string of the molecule is COc1ccnc(N[C@@H]2C[C@H]2C)n1. The molecular formula is C9H13N3O. The number of ether oxygens (including phenoxy) is 1. The molecule has 0 bridgehead atoms. The fraction of sp³-hybridized carbons (Fsp3) is 0.556. The molecule has 2 atom stereocenters. The van der Waals surface area contributed by atoms with E-state index in [9.17, 15) is 0 Å². The van der Waals surface area contributed by atoms with E-state index in [2.05, 4.69) is 22.2 Å². The molecule has 0 unspecified atom stereocenters. The van der Waals surface area contributed by atoms with E-state index in [0.29, 0.717) is 17.9 Å². The predicted octanol–water partition coefficient (Wildman–Crippen LogP) is 1.31. The van der Waals surface area contributed by atoms with Gasteiger partial charge in [0, 0.05) is 18.3 Å². The summed E-state index contributed by atoms with van der Waals surface area (Å²) in [6.07, 6.45) is 2.90. The van der Waals surface area contributed by atoms with Crippen molar-refractivity contribution >= 4 is 5.95 Å². The Bertz CT molecular complexity index is 303. The first-order valence-corrected chi connectivity index (χ1v) is 4.43. The summed E-state index contributed by atoms with van der Waals surface area (Å²) in [7, 11) is 1.60. The molecule has 0 spiro atoms. The first kappa shape index (κ1) is 8.29. The third-order valence-corrected chi connectivity index (χ3v) is 2.26. The van der Waals surface area contributed by atoms with E-state index in [1.54, 1.807) is 19.4 Å². The van der Waals surface area contributed by atoms with Crippen LogP contribution in [0.4, 0.5) is 5.95 Å². The Kier molecular flexibility index (Phi) is 2.04. The van der Waals surface area contributed by atoms with Gasteiger partial charge < -0.3 is 10.1 Å². The van der Waals surface area contributed by atoms with Gasteiger partial charge in [0.1, 0.15) is 0 Å². The molecule has 13 heavy (non-hydrogen) atoms. The maximum absolute atomic E-state index is 4.99. The summed E-state index contributed by atoms with van der Waals surface area (Å²) < 4.78 is 4.99. The monoisotopic (exact) mass is 179 g/mol. The van der Waals surface area contributed by atoms with Crippen LogP contribution in [0.1, 0.15) is 13.3 Å². The van der Waals surface area contributed by atoms with Gasteiger partial charge in [-0.15, -0.1) is 0 Å². The van der Waals surface area contributed by atoms with E-state index in [-0.39, 0.29) is 0 Å². The van der Waals surface area contributed by atoms with Crippen molar-refractivity contribution in [3.8, 4) is 5.88 Å². The van der Waals surface area contributed by atoms with Crippen LogP contribution in [-0.4, -0.2) is 23.1 Å². The highest BCUT2D eigenvalue weighted by atomic mass is 16.5. The summed E-state index contributed by atoms with van der Waals surface area (Å²) in [5.41, 5.74) is 0. The zero-order chi connectivity index (χ0) is 9.26. The summed E-state index contributed by atoms with van der Waals surface area (Å²) in [5.74, 6) is 2.01. The minimum absolute atomic E-state index is 0.548. The van der Waals surface area contributed by atoms with E-state index in [1.807, 2.05) is 0 Å². The molecule has 0 amide bonds. The second-order valence-corrected chi connectivity index (χ2v) is 3.39. The molecule has 1 aliphatic rings. The lowest BCUT2D eigenvalue weighted by Gasteiger charge is -2.03. The quantitative estimate of drug-likeness (QED) is 0.759. The van der Waals surface area contributed by atoms with Crippen LogP contribution in [0.25, 0.3) is 0 Å². The second kappa shape index (κ2) is 3.20. The Morgan fingerprint density at radius 1 is 1.62 bits per heavy atom. The zero-order valence-electron chi connectivity index (χ0n) is 7.82. The van der Waals surface area contributed by atoms with Crippen LogP contribution < -0.4 is 10.1 Å². The highest BCUT2D eigenvalue weighted by Gasteiger charge is 2.32. The largest absolute Gasteiger partial charge is 0.481 e. The van der Waals surface area contributed by atoms with Crippen molar-refractivity contribution in [1.82, 2.24) is 9.97 Å². The molecule has 1 fully saturated rings.